The minimum absolute atomic E-state index is 0.140. The lowest BCUT2D eigenvalue weighted by Gasteiger charge is -2.31. The lowest BCUT2D eigenvalue weighted by molar-refractivity contribution is -0.133. The van der Waals surface area contributed by atoms with Crippen LogP contribution in [-0.2, 0) is 9.53 Å². The molecule has 0 saturated carbocycles. The van der Waals surface area contributed by atoms with E-state index in [1.54, 1.807) is 23.1 Å². The fourth-order valence-electron chi connectivity index (χ4n) is 3.30. The van der Waals surface area contributed by atoms with Gasteiger partial charge in [-0.2, -0.15) is 0 Å². The fourth-order valence-corrected chi connectivity index (χ4v) is 3.42. The van der Waals surface area contributed by atoms with Crippen LogP contribution < -0.4 is 5.73 Å². The molecule has 2 heterocycles. The first-order valence-electron chi connectivity index (χ1n) is 8.89. The molecular formula is C21H18ClN3O3. The Morgan fingerprint density at radius 2 is 1.89 bits per heavy atom. The van der Waals surface area contributed by atoms with Gasteiger partial charge in [0.25, 0.3) is 5.91 Å². The molecule has 1 aliphatic heterocycles. The first-order chi connectivity index (χ1) is 13.5. The van der Waals surface area contributed by atoms with Crippen LogP contribution >= 0.6 is 11.6 Å². The zero-order chi connectivity index (χ0) is 19.7. The van der Waals surface area contributed by atoms with Gasteiger partial charge in [0.1, 0.15) is 0 Å². The number of ether oxygens (including phenoxy) is 1. The van der Waals surface area contributed by atoms with Crippen LogP contribution in [0.5, 0.6) is 0 Å². The van der Waals surface area contributed by atoms with Gasteiger partial charge in [-0.15, -0.1) is 0 Å². The molecule has 4 rings (SSSR count). The van der Waals surface area contributed by atoms with Crippen LogP contribution in [0.15, 0.2) is 54.6 Å². The molecule has 2 aromatic carbocycles. The molecule has 0 spiro atoms. The number of para-hydroxylation sites is 1. The number of primary amides is 1. The van der Waals surface area contributed by atoms with Crippen LogP contribution in [0.1, 0.15) is 10.4 Å². The first-order valence-corrected chi connectivity index (χ1v) is 9.26. The van der Waals surface area contributed by atoms with Gasteiger partial charge < -0.3 is 15.4 Å². The molecular weight excluding hydrogens is 378 g/mol. The van der Waals surface area contributed by atoms with Crippen LogP contribution in [0.4, 0.5) is 0 Å². The maximum absolute atomic E-state index is 13.3. The molecule has 0 aliphatic carbocycles. The summed E-state index contributed by atoms with van der Waals surface area (Å²) in [6.45, 7) is 0.809. The topological polar surface area (TPSA) is 85.5 Å². The number of pyridine rings is 1. The van der Waals surface area contributed by atoms with Crippen molar-refractivity contribution in [1.29, 1.82) is 0 Å². The number of nitrogens with two attached hydrogens (primary N) is 1. The third kappa shape index (κ3) is 3.56. The van der Waals surface area contributed by atoms with Gasteiger partial charge in [-0.05, 0) is 24.3 Å². The predicted octanol–water partition coefficient (Wildman–Crippen LogP) is 2.88. The molecule has 7 heteroatoms. The van der Waals surface area contributed by atoms with E-state index in [0.717, 1.165) is 16.5 Å². The first kappa shape index (κ1) is 18.4. The van der Waals surface area contributed by atoms with Crippen molar-refractivity contribution in [2.75, 3.05) is 19.7 Å². The molecule has 1 saturated heterocycles. The zero-order valence-corrected chi connectivity index (χ0v) is 15.7. The molecule has 0 bridgehead atoms. The number of rotatable bonds is 3. The number of hydrogen-bond acceptors (Lipinski definition) is 4. The standard InChI is InChI=1S/C21H18ClN3O3/c22-14-7-5-13(6-8-14)18-11-16(15-3-1-2-4-17(15)24-18)21(27)25-9-10-28-19(12-25)20(23)26/h1-8,11,19H,9-10,12H2,(H2,23,26). The van der Waals surface area contributed by atoms with E-state index in [4.69, 9.17) is 27.1 Å². The molecule has 1 aromatic heterocycles. The van der Waals surface area contributed by atoms with Crippen molar-refractivity contribution in [3.05, 3.63) is 65.2 Å². The lowest BCUT2D eigenvalue weighted by Crippen LogP contribution is -2.50. The van der Waals surface area contributed by atoms with E-state index in [1.165, 1.54) is 0 Å². The van der Waals surface area contributed by atoms with Crippen LogP contribution in [-0.4, -0.2) is 47.5 Å². The number of amides is 2. The third-order valence-electron chi connectivity index (χ3n) is 4.76. The molecule has 1 aliphatic rings. The number of hydrogen-bond donors (Lipinski definition) is 1. The van der Waals surface area contributed by atoms with E-state index in [2.05, 4.69) is 0 Å². The van der Waals surface area contributed by atoms with Crippen molar-refractivity contribution in [1.82, 2.24) is 9.88 Å². The number of carbonyl (C=O) groups excluding carboxylic acids is 2. The van der Waals surface area contributed by atoms with Crippen molar-refractivity contribution >= 4 is 34.3 Å². The number of aromatic nitrogens is 1. The highest BCUT2D eigenvalue weighted by atomic mass is 35.5. The molecule has 3 aromatic rings. The van der Waals surface area contributed by atoms with E-state index in [-0.39, 0.29) is 19.1 Å². The van der Waals surface area contributed by atoms with Crippen molar-refractivity contribution in [3.8, 4) is 11.3 Å². The van der Waals surface area contributed by atoms with Crippen molar-refractivity contribution in [2.24, 2.45) is 5.73 Å². The average molecular weight is 396 g/mol. The molecule has 6 nitrogen and oxygen atoms in total. The normalized spacial score (nSPS) is 16.9. The summed E-state index contributed by atoms with van der Waals surface area (Å²) in [6, 6.07) is 16.6. The Balaban J connectivity index is 1.77. The molecule has 1 fully saturated rings. The molecule has 28 heavy (non-hydrogen) atoms. The average Bonchev–Trinajstić information content (AvgIpc) is 2.73. The van der Waals surface area contributed by atoms with Gasteiger partial charge in [-0.25, -0.2) is 4.98 Å². The van der Waals surface area contributed by atoms with Gasteiger partial charge in [0.2, 0.25) is 5.91 Å². The second-order valence-corrected chi connectivity index (χ2v) is 7.03. The minimum atomic E-state index is -0.790. The minimum Gasteiger partial charge on any atom is -0.367 e. The number of nitrogens with zero attached hydrogens (tertiary/aromatic N) is 2. The van der Waals surface area contributed by atoms with Gasteiger partial charge in [-0.1, -0.05) is 41.9 Å². The second-order valence-electron chi connectivity index (χ2n) is 6.59. The highest BCUT2D eigenvalue weighted by molar-refractivity contribution is 6.30. The number of halogens is 1. The maximum Gasteiger partial charge on any atom is 0.254 e. The molecule has 1 atom stereocenters. The molecule has 2 amide bonds. The Kier molecular flexibility index (Phi) is 4.98. The molecule has 2 N–H and O–H groups in total. The van der Waals surface area contributed by atoms with E-state index in [0.29, 0.717) is 22.8 Å². The largest absolute Gasteiger partial charge is 0.367 e. The Morgan fingerprint density at radius 3 is 2.64 bits per heavy atom. The van der Waals surface area contributed by atoms with Crippen LogP contribution in [0.3, 0.4) is 0 Å². The van der Waals surface area contributed by atoms with Crippen molar-refractivity contribution in [2.45, 2.75) is 6.10 Å². The summed E-state index contributed by atoms with van der Waals surface area (Å²) in [5, 5.41) is 1.39. The second kappa shape index (κ2) is 7.58. The van der Waals surface area contributed by atoms with Gasteiger partial charge in [-0.3, -0.25) is 9.59 Å². The number of benzene rings is 2. The zero-order valence-electron chi connectivity index (χ0n) is 15.0. The highest BCUT2D eigenvalue weighted by Gasteiger charge is 2.29. The van der Waals surface area contributed by atoms with Gasteiger partial charge in [0.15, 0.2) is 6.10 Å². The number of fused-ring (bicyclic) bond motifs is 1. The van der Waals surface area contributed by atoms with Crippen LogP contribution in [0, 0.1) is 0 Å². The maximum atomic E-state index is 13.3. The van der Waals surface area contributed by atoms with Crippen molar-refractivity contribution < 1.29 is 14.3 Å². The lowest BCUT2D eigenvalue weighted by atomic mass is 10.0. The van der Waals surface area contributed by atoms with E-state index >= 15 is 0 Å². The SMILES string of the molecule is NC(=O)C1CN(C(=O)c2cc(-c3ccc(Cl)cc3)nc3ccccc23)CCO1. The van der Waals surface area contributed by atoms with Crippen LogP contribution in [0.25, 0.3) is 22.2 Å². The van der Waals surface area contributed by atoms with Gasteiger partial charge in [0, 0.05) is 22.5 Å². The summed E-state index contributed by atoms with van der Waals surface area (Å²) in [7, 11) is 0. The molecule has 142 valence electrons. The predicted molar refractivity (Wildman–Crippen MR) is 107 cm³/mol. The van der Waals surface area contributed by atoms with Gasteiger partial charge in [0.05, 0.1) is 29.9 Å². The summed E-state index contributed by atoms with van der Waals surface area (Å²) in [6.07, 6.45) is -0.790. The summed E-state index contributed by atoms with van der Waals surface area (Å²) in [4.78, 5) is 31.1. The summed E-state index contributed by atoms with van der Waals surface area (Å²) >= 11 is 5.99. The summed E-state index contributed by atoms with van der Waals surface area (Å²) in [5.41, 5.74) is 8.14. The highest BCUT2D eigenvalue weighted by Crippen LogP contribution is 2.27. The Morgan fingerprint density at radius 1 is 1.14 bits per heavy atom. The van der Waals surface area contributed by atoms with E-state index in [1.807, 2.05) is 36.4 Å². The molecule has 0 radical (unpaired) electrons. The number of carbonyl (C=O) groups is 2. The monoisotopic (exact) mass is 395 g/mol. The van der Waals surface area contributed by atoms with Crippen molar-refractivity contribution in [3.63, 3.8) is 0 Å². The Labute approximate surface area is 166 Å². The van der Waals surface area contributed by atoms with E-state index in [9.17, 15) is 9.59 Å². The van der Waals surface area contributed by atoms with Crippen LogP contribution in [0.2, 0.25) is 5.02 Å². The van der Waals surface area contributed by atoms with E-state index < -0.39 is 12.0 Å². The Hall–Kier alpha value is -2.96. The number of morpholine rings is 1. The van der Waals surface area contributed by atoms with Gasteiger partial charge >= 0.3 is 0 Å². The third-order valence-corrected chi connectivity index (χ3v) is 5.01. The fraction of sp³-hybridized carbons (Fsp3) is 0.190. The summed E-state index contributed by atoms with van der Waals surface area (Å²) in [5.74, 6) is -0.748. The Bertz CT molecular complexity index is 1050. The molecule has 1 unspecified atom stereocenters. The quantitative estimate of drug-likeness (QED) is 0.738. The smallest absolute Gasteiger partial charge is 0.254 e. The summed E-state index contributed by atoms with van der Waals surface area (Å²) < 4.78 is 5.35.